The lowest BCUT2D eigenvalue weighted by Crippen LogP contribution is -2.52. The number of hydrogen-bond donors (Lipinski definition) is 1. The molecule has 2 rings (SSSR count). The third-order valence-electron chi connectivity index (χ3n) is 3.67. The Bertz CT molecular complexity index is 509. The molecule has 6 nitrogen and oxygen atoms in total. The molecule has 1 amide bonds. The van der Waals surface area contributed by atoms with Crippen molar-refractivity contribution in [2.75, 3.05) is 6.54 Å². The van der Waals surface area contributed by atoms with E-state index in [9.17, 15) is 14.7 Å². The number of carbonyl (C=O) groups is 2. The first kappa shape index (κ1) is 13.6. The van der Waals surface area contributed by atoms with Gasteiger partial charge in [-0.15, -0.1) is 0 Å². The Morgan fingerprint density at radius 1 is 1.47 bits per heavy atom. The van der Waals surface area contributed by atoms with Crippen LogP contribution in [0.4, 0.5) is 0 Å². The Hall–Kier alpha value is -1.85. The van der Waals surface area contributed by atoms with Crippen molar-refractivity contribution in [3.63, 3.8) is 0 Å². The van der Waals surface area contributed by atoms with E-state index in [-0.39, 0.29) is 11.8 Å². The van der Waals surface area contributed by atoms with Gasteiger partial charge < -0.3 is 10.0 Å². The zero-order chi connectivity index (χ0) is 14.2. The molecule has 104 valence electrons. The largest absolute Gasteiger partial charge is 0.480 e. The van der Waals surface area contributed by atoms with Crippen LogP contribution in [-0.2, 0) is 11.8 Å². The fourth-order valence-corrected chi connectivity index (χ4v) is 2.75. The summed E-state index contributed by atoms with van der Waals surface area (Å²) in [4.78, 5) is 25.3. The molecule has 6 heteroatoms. The maximum Gasteiger partial charge on any atom is 0.326 e. The average Bonchev–Trinajstić information content (AvgIpc) is 2.66. The van der Waals surface area contributed by atoms with Crippen LogP contribution >= 0.6 is 0 Å². The van der Waals surface area contributed by atoms with Gasteiger partial charge in [0.1, 0.15) is 11.7 Å². The summed E-state index contributed by atoms with van der Waals surface area (Å²) in [5.74, 6) is -1.20. The van der Waals surface area contributed by atoms with Crippen LogP contribution in [0.25, 0.3) is 0 Å². The monoisotopic (exact) mass is 265 g/mol. The van der Waals surface area contributed by atoms with Crippen molar-refractivity contribution in [3.05, 3.63) is 17.5 Å². The van der Waals surface area contributed by atoms with Crippen molar-refractivity contribution in [3.8, 4) is 0 Å². The summed E-state index contributed by atoms with van der Waals surface area (Å²) in [5, 5.41) is 13.5. The van der Waals surface area contributed by atoms with Gasteiger partial charge in [-0.1, -0.05) is 6.92 Å². The predicted molar refractivity (Wildman–Crippen MR) is 68.8 cm³/mol. The SMILES string of the molecule is Cc1cc(C(=O)N2CCCC(C)C2C(=O)O)n(C)n1. The highest BCUT2D eigenvalue weighted by Gasteiger charge is 2.38. The predicted octanol–water partition coefficient (Wildman–Crippen LogP) is 1.05. The van der Waals surface area contributed by atoms with Crippen LogP contribution in [0.2, 0.25) is 0 Å². The Morgan fingerprint density at radius 3 is 2.68 bits per heavy atom. The van der Waals surface area contributed by atoms with E-state index in [0.29, 0.717) is 12.2 Å². The van der Waals surface area contributed by atoms with E-state index in [1.165, 1.54) is 9.58 Å². The van der Waals surface area contributed by atoms with E-state index in [2.05, 4.69) is 5.10 Å². The van der Waals surface area contributed by atoms with Crippen LogP contribution in [0.1, 0.15) is 35.9 Å². The summed E-state index contributed by atoms with van der Waals surface area (Å²) >= 11 is 0. The number of carboxylic acids is 1. The topological polar surface area (TPSA) is 75.4 Å². The van der Waals surface area contributed by atoms with E-state index in [4.69, 9.17) is 0 Å². The zero-order valence-corrected chi connectivity index (χ0v) is 11.5. The third-order valence-corrected chi connectivity index (χ3v) is 3.67. The van der Waals surface area contributed by atoms with Gasteiger partial charge in [-0.2, -0.15) is 5.10 Å². The molecule has 0 saturated carbocycles. The zero-order valence-electron chi connectivity index (χ0n) is 11.5. The van der Waals surface area contributed by atoms with E-state index in [1.807, 2.05) is 13.8 Å². The van der Waals surface area contributed by atoms with Crippen LogP contribution in [0.15, 0.2) is 6.07 Å². The number of rotatable bonds is 2. The van der Waals surface area contributed by atoms with Crippen LogP contribution in [0.5, 0.6) is 0 Å². The van der Waals surface area contributed by atoms with Crippen LogP contribution in [0.3, 0.4) is 0 Å². The van der Waals surface area contributed by atoms with Gasteiger partial charge in [0.15, 0.2) is 0 Å². The highest BCUT2D eigenvalue weighted by molar-refractivity contribution is 5.95. The van der Waals surface area contributed by atoms with E-state index >= 15 is 0 Å². The fourth-order valence-electron chi connectivity index (χ4n) is 2.75. The number of amides is 1. The van der Waals surface area contributed by atoms with Gasteiger partial charge >= 0.3 is 5.97 Å². The van der Waals surface area contributed by atoms with Gasteiger partial charge in [-0.3, -0.25) is 9.48 Å². The Morgan fingerprint density at radius 2 is 2.16 bits per heavy atom. The number of nitrogens with zero attached hydrogens (tertiary/aromatic N) is 3. The molecule has 0 radical (unpaired) electrons. The molecule has 1 saturated heterocycles. The maximum absolute atomic E-state index is 12.5. The lowest BCUT2D eigenvalue weighted by atomic mass is 9.90. The van der Waals surface area contributed by atoms with Crippen molar-refractivity contribution in [2.45, 2.75) is 32.7 Å². The number of carboxylic acid groups (broad SMARTS) is 1. The number of aliphatic carboxylic acids is 1. The van der Waals surface area contributed by atoms with Crippen molar-refractivity contribution >= 4 is 11.9 Å². The molecule has 1 aliphatic rings. The van der Waals surface area contributed by atoms with Gasteiger partial charge in [0.05, 0.1) is 5.69 Å². The second kappa shape index (κ2) is 5.03. The van der Waals surface area contributed by atoms with E-state index in [1.54, 1.807) is 13.1 Å². The Labute approximate surface area is 112 Å². The number of likely N-dealkylation sites (tertiary alicyclic amines) is 1. The molecule has 1 N–H and O–H groups in total. The number of piperidine rings is 1. The molecule has 0 aliphatic carbocycles. The second-order valence-corrected chi connectivity index (χ2v) is 5.20. The Balaban J connectivity index is 2.30. The average molecular weight is 265 g/mol. The minimum absolute atomic E-state index is 0.0236. The van der Waals surface area contributed by atoms with Crippen LogP contribution in [0, 0.1) is 12.8 Å². The molecule has 0 spiro atoms. The first-order chi connectivity index (χ1) is 8.91. The normalized spacial score (nSPS) is 23.4. The first-order valence-electron chi connectivity index (χ1n) is 6.46. The standard InChI is InChI=1S/C13H19N3O3/c1-8-5-4-6-16(11(8)13(18)19)12(17)10-7-9(2)14-15(10)3/h7-8,11H,4-6H2,1-3H3,(H,18,19). The number of aromatic nitrogens is 2. The third kappa shape index (κ3) is 2.47. The lowest BCUT2D eigenvalue weighted by Gasteiger charge is -2.37. The molecule has 1 fully saturated rings. The minimum Gasteiger partial charge on any atom is -0.480 e. The summed E-state index contributed by atoms with van der Waals surface area (Å²) in [5.41, 5.74) is 1.20. The molecule has 1 aliphatic heterocycles. The van der Waals surface area contributed by atoms with Gasteiger partial charge in [0, 0.05) is 13.6 Å². The fraction of sp³-hybridized carbons (Fsp3) is 0.615. The van der Waals surface area contributed by atoms with Crippen molar-refractivity contribution in [1.29, 1.82) is 0 Å². The molecule has 0 bridgehead atoms. The maximum atomic E-state index is 12.5. The second-order valence-electron chi connectivity index (χ2n) is 5.20. The van der Waals surface area contributed by atoms with Crippen molar-refractivity contribution in [2.24, 2.45) is 13.0 Å². The van der Waals surface area contributed by atoms with Crippen molar-refractivity contribution < 1.29 is 14.7 Å². The highest BCUT2D eigenvalue weighted by Crippen LogP contribution is 2.25. The van der Waals surface area contributed by atoms with Crippen LogP contribution < -0.4 is 0 Å². The molecule has 2 atom stereocenters. The van der Waals surface area contributed by atoms with Gasteiger partial charge in [0.25, 0.3) is 5.91 Å². The van der Waals surface area contributed by atoms with Gasteiger partial charge in [-0.05, 0) is 31.7 Å². The summed E-state index contributed by atoms with van der Waals surface area (Å²) in [7, 11) is 1.70. The molecule has 1 aromatic heterocycles. The molecule has 2 unspecified atom stereocenters. The van der Waals surface area contributed by atoms with Gasteiger partial charge in [-0.25, -0.2) is 4.79 Å². The summed E-state index contributed by atoms with van der Waals surface area (Å²) < 4.78 is 1.51. The van der Waals surface area contributed by atoms with Crippen LogP contribution in [-0.4, -0.2) is 44.3 Å². The smallest absolute Gasteiger partial charge is 0.326 e. The molecule has 19 heavy (non-hydrogen) atoms. The first-order valence-corrected chi connectivity index (χ1v) is 6.46. The molecule has 0 aromatic carbocycles. The van der Waals surface area contributed by atoms with E-state index in [0.717, 1.165) is 18.5 Å². The van der Waals surface area contributed by atoms with Crippen molar-refractivity contribution in [1.82, 2.24) is 14.7 Å². The number of hydrogen-bond acceptors (Lipinski definition) is 3. The molecular weight excluding hydrogens is 246 g/mol. The summed E-state index contributed by atoms with van der Waals surface area (Å²) in [6, 6.07) is 0.956. The number of carbonyl (C=O) groups excluding carboxylic acids is 1. The minimum atomic E-state index is -0.931. The molecule has 2 heterocycles. The number of aryl methyl sites for hydroxylation is 2. The lowest BCUT2D eigenvalue weighted by molar-refractivity contribution is -0.145. The highest BCUT2D eigenvalue weighted by atomic mass is 16.4. The summed E-state index contributed by atoms with van der Waals surface area (Å²) in [6.07, 6.45) is 1.68. The Kier molecular flexibility index (Phi) is 3.59. The van der Waals surface area contributed by atoms with E-state index < -0.39 is 12.0 Å². The van der Waals surface area contributed by atoms with Gasteiger partial charge in [0.2, 0.25) is 0 Å². The molecular formula is C13H19N3O3. The molecule has 1 aromatic rings. The quantitative estimate of drug-likeness (QED) is 0.867. The summed E-state index contributed by atoms with van der Waals surface area (Å²) in [6.45, 7) is 4.18.